The van der Waals surface area contributed by atoms with Crippen LogP contribution in [0.4, 0.5) is 11.6 Å². The SMILES string of the molecule is COc1ccc(CCC(=O)Nc2ccc(N3CCCCC3)nn2)cc1OC. The van der Waals surface area contributed by atoms with Crippen molar-refractivity contribution < 1.29 is 14.3 Å². The highest BCUT2D eigenvalue weighted by Gasteiger charge is 2.13. The molecule has 0 atom stereocenters. The third-order valence-corrected chi connectivity index (χ3v) is 4.69. The number of benzene rings is 1. The van der Waals surface area contributed by atoms with Crippen LogP contribution in [-0.4, -0.2) is 43.4 Å². The predicted molar refractivity (Wildman–Crippen MR) is 105 cm³/mol. The van der Waals surface area contributed by atoms with Crippen molar-refractivity contribution in [2.24, 2.45) is 0 Å². The Bertz CT molecular complexity index is 758. The van der Waals surface area contributed by atoms with Crippen molar-refractivity contribution in [2.75, 3.05) is 37.5 Å². The van der Waals surface area contributed by atoms with Gasteiger partial charge in [-0.15, -0.1) is 10.2 Å². The van der Waals surface area contributed by atoms with Crippen LogP contribution in [0.2, 0.25) is 0 Å². The molecule has 0 bridgehead atoms. The Labute approximate surface area is 159 Å². The van der Waals surface area contributed by atoms with Crippen LogP contribution in [0.1, 0.15) is 31.2 Å². The van der Waals surface area contributed by atoms with E-state index in [9.17, 15) is 4.79 Å². The molecule has 3 rings (SSSR count). The molecule has 2 aromatic rings. The highest BCUT2D eigenvalue weighted by molar-refractivity contribution is 5.89. The van der Waals surface area contributed by atoms with Gasteiger partial charge in [0.15, 0.2) is 23.1 Å². The van der Waals surface area contributed by atoms with Gasteiger partial charge in [0, 0.05) is 19.5 Å². The Morgan fingerprint density at radius 1 is 1.04 bits per heavy atom. The minimum Gasteiger partial charge on any atom is -0.493 e. The van der Waals surface area contributed by atoms with E-state index in [2.05, 4.69) is 20.4 Å². The van der Waals surface area contributed by atoms with Gasteiger partial charge >= 0.3 is 0 Å². The molecular weight excluding hydrogens is 344 g/mol. The maximum Gasteiger partial charge on any atom is 0.225 e. The molecule has 1 aliphatic rings. The molecular formula is C20H26N4O3. The van der Waals surface area contributed by atoms with Crippen molar-refractivity contribution in [2.45, 2.75) is 32.1 Å². The zero-order valence-electron chi connectivity index (χ0n) is 15.9. The standard InChI is InChI=1S/C20H26N4O3/c1-26-16-8-6-15(14-17(16)27-2)7-11-20(25)21-18-9-10-19(23-22-18)24-12-4-3-5-13-24/h6,8-10,14H,3-5,7,11-13H2,1-2H3,(H,21,22,25). The van der Waals surface area contributed by atoms with E-state index in [0.29, 0.717) is 30.2 Å². The number of hydrogen-bond acceptors (Lipinski definition) is 6. The van der Waals surface area contributed by atoms with E-state index in [-0.39, 0.29) is 5.91 Å². The van der Waals surface area contributed by atoms with E-state index in [0.717, 1.165) is 24.5 Å². The molecule has 0 saturated carbocycles. The summed E-state index contributed by atoms with van der Waals surface area (Å²) in [5.74, 6) is 2.60. The Morgan fingerprint density at radius 3 is 2.48 bits per heavy atom. The minimum absolute atomic E-state index is 0.0928. The number of methoxy groups -OCH3 is 2. The molecule has 1 fully saturated rings. The molecule has 7 heteroatoms. The zero-order chi connectivity index (χ0) is 19.1. The lowest BCUT2D eigenvalue weighted by atomic mass is 10.1. The quantitative estimate of drug-likeness (QED) is 0.807. The number of aryl methyl sites for hydroxylation is 1. The van der Waals surface area contributed by atoms with Gasteiger partial charge in [0.2, 0.25) is 5.91 Å². The lowest BCUT2D eigenvalue weighted by Crippen LogP contribution is -2.30. The van der Waals surface area contributed by atoms with Gasteiger partial charge in [-0.05, 0) is 55.5 Å². The molecule has 0 aliphatic carbocycles. The van der Waals surface area contributed by atoms with Crippen molar-refractivity contribution in [3.8, 4) is 11.5 Å². The second kappa shape index (κ2) is 9.21. The lowest BCUT2D eigenvalue weighted by Gasteiger charge is -2.27. The molecule has 7 nitrogen and oxygen atoms in total. The van der Waals surface area contributed by atoms with Crippen LogP contribution in [-0.2, 0) is 11.2 Å². The fourth-order valence-corrected chi connectivity index (χ4v) is 3.18. The third-order valence-electron chi connectivity index (χ3n) is 4.69. The molecule has 1 amide bonds. The number of carbonyl (C=O) groups is 1. The van der Waals surface area contributed by atoms with Gasteiger partial charge in [0.05, 0.1) is 14.2 Å². The minimum atomic E-state index is -0.0928. The van der Waals surface area contributed by atoms with E-state index < -0.39 is 0 Å². The first-order chi connectivity index (χ1) is 13.2. The molecule has 1 aromatic carbocycles. The Kier molecular flexibility index (Phi) is 6.46. The van der Waals surface area contributed by atoms with E-state index in [4.69, 9.17) is 9.47 Å². The number of amides is 1. The van der Waals surface area contributed by atoms with Crippen LogP contribution < -0.4 is 19.7 Å². The Hall–Kier alpha value is -2.83. The number of piperidine rings is 1. The second-order valence-electron chi connectivity index (χ2n) is 6.56. The number of aromatic nitrogens is 2. The summed E-state index contributed by atoms with van der Waals surface area (Å²) in [5, 5.41) is 11.2. The van der Waals surface area contributed by atoms with Crippen molar-refractivity contribution in [3.05, 3.63) is 35.9 Å². The number of ether oxygens (including phenoxy) is 2. The number of nitrogens with zero attached hydrogens (tertiary/aromatic N) is 3. The number of nitrogens with one attached hydrogen (secondary N) is 1. The second-order valence-corrected chi connectivity index (χ2v) is 6.56. The van der Waals surface area contributed by atoms with Crippen molar-refractivity contribution in [1.29, 1.82) is 0 Å². The monoisotopic (exact) mass is 370 g/mol. The summed E-state index contributed by atoms with van der Waals surface area (Å²) in [6.07, 6.45) is 4.61. The lowest BCUT2D eigenvalue weighted by molar-refractivity contribution is -0.116. The number of anilines is 2. The largest absolute Gasteiger partial charge is 0.493 e. The summed E-state index contributed by atoms with van der Waals surface area (Å²) in [4.78, 5) is 14.4. The van der Waals surface area contributed by atoms with Gasteiger partial charge in [0.25, 0.3) is 0 Å². The predicted octanol–water partition coefficient (Wildman–Crippen LogP) is 3.06. The summed E-state index contributed by atoms with van der Waals surface area (Å²) in [5.41, 5.74) is 1.01. The zero-order valence-corrected chi connectivity index (χ0v) is 15.9. The third kappa shape index (κ3) is 5.09. The van der Waals surface area contributed by atoms with Crippen LogP contribution in [0.5, 0.6) is 11.5 Å². The topological polar surface area (TPSA) is 76.6 Å². The van der Waals surface area contributed by atoms with Crippen LogP contribution in [0, 0.1) is 0 Å². The molecule has 27 heavy (non-hydrogen) atoms. The number of carbonyl (C=O) groups excluding carboxylic acids is 1. The molecule has 0 unspecified atom stereocenters. The molecule has 1 saturated heterocycles. The first kappa shape index (κ1) is 18.9. The van der Waals surface area contributed by atoms with E-state index in [1.54, 1.807) is 14.2 Å². The van der Waals surface area contributed by atoms with Gasteiger partial charge < -0.3 is 19.7 Å². The van der Waals surface area contributed by atoms with Gasteiger partial charge in [-0.3, -0.25) is 4.79 Å². The average Bonchev–Trinajstić information content (AvgIpc) is 2.73. The van der Waals surface area contributed by atoms with Gasteiger partial charge in [-0.1, -0.05) is 6.07 Å². The van der Waals surface area contributed by atoms with Gasteiger partial charge in [-0.25, -0.2) is 0 Å². The molecule has 1 aromatic heterocycles. The summed E-state index contributed by atoms with van der Waals surface area (Å²) >= 11 is 0. The van der Waals surface area contributed by atoms with Crippen LogP contribution in [0.3, 0.4) is 0 Å². The maximum atomic E-state index is 12.2. The average molecular weight is 370 g/mol. The van der Waals surface area contributed by atoms with Crippen LogP contribution in [0.25, 0.3) is 0 Å². The Balaban J connectivity index is 1.51. The molecule has 0 radical (unpaired) electrons. The van der Waals surface area contributed by atoms with E-state index in [1.807, 2.05) is 30.3 Å². The summed E-state index contributed by atoms with van der Waals surface area (Å²) < 4.78 is 10.5. The van der Waals surface area contributed by atoms with Crippen LogP contribution in [0.15, 0.2) is 30.3 Å². The van der Waals surface area contributed by atoms with Gasteiger partial charge in [0.1, 0.15) is 0 Å². The first-order valence-electron chi connectivity index (χ1n) is 9.29. The van der Waals surface area contributed by atoms with E-state index in [1.165, 1.54) is 19.3 Å². The normalized spacial score (nSPS) is 13.9. The summed E-state index contributed by atoms with van der Waals surface area (Å²) in [6.45, 7) is 2.04. The fraction of sp³-hybridized carbons (Fsp3) is 0.450. The maximum absolute atomic E-state index is 12.2. The number of hydrogen-bond donors (Lipinski definition) is 1. The molecule has 1 aliphatic heterocycles. The van der Waals surface area contributed by atoms with E-state index >= 15 is 0 Å². The first-order valence-corrected chi connectivity index (χ1v) is 9.29. The molecule has 144 valence electrons. The van der Waals surface area contributed by atoms with Crippen molar-refractivity contribution in [3.63, 3.8) is 0 Å². The van der Waals surface area contributed by atoms with Crippen molar-refractivity contribution in [1.82, 2.24) is 10.2 Å². The highest BCUT2D eigenvalue weighted by Crippen LogP contribution is 2.28. The smallest absolute Gasteiger partial charge is 0.225 e. The highest BCUT2D eigenvalue weighted by atomic mass is 16.5. The summed E-state index contributed by atoms with van der Waals surface area (Å²) in [7, 11) is 3.20. The molecule has 0 spiro atoms. The molecule has 1 N–H and O–H groups in total. The van der Waals surface area contributed by atoms with Crippen molar-refractivity contribution >= 4 is 17.5 Å². The number of rotatable bonds is 7. The molecule has 2 heterocycles. The van der Waals surface area contributed by atoms with Crippen LogP contribution >= 0.6 is 0 Å². The fourth-order valence-electron chi connectivity index (χ4n) is 3.18. The Morgan fingerprint density at radius 2 is 1.81 bits per heavy atom. The van der Waals surface area contributed by atoms with Gasteiger partial charge in [-0.2, -0.15) is 0 Å². The summed E-state index contributed by atoms with van der Waals surface area (Å²) in [6, 6.07) is 9.39.